The Labute approximate surface area is 127 Å². The second-order valence-electron chi connectivity index (χ2n) is 4.50. The number of hydrogen-bond donors (Lipinski definition) is 0. The second kappa shape index (κ2) is 9.19. The molecule has 1 aliphatic heterocycles. The van der Waals surface area contributed by atoms with Gasteiger partial charge in [-0.2, -0.15) is 0 Å². The first kappa shape index (κ1) is 18.1. The van der Waals surface area contributed by atoms with Gasteiger partial charge in [-0.15, -0.1) is 0 Å². The van der Waals surface area contributed by atoms with Gasteiger partial charge in [0, 0.05) is 12.2 Å². The van der Waals surface area contributed by atoms with Gasteiger partial charge in [-0.3, -0.25) is 14.5 Å². The summed E-state index contributed by atoms with van der Waals surface area (Å²) in [6.07, 6.45) is 10.6. The zero-order chi connectivity index (χ0) is 15.8. The van der Waals surface area contributed by atoms with Crippen LogP contribution < -0.4 is 0 Å². The summed E-state index contributed by atoms with van der Waals surface area (Å²) in [5, 5.41) is 0. The van der Waals surface area contributed by atoms with Crippen LogP contribution in [-0.2, 0) is 19.1 Å². The molecule has 1 aliphatic rings. The van der Waals surface area contributed by atoms with Crippen molar-refractivity contribution in [1.29, 1.82) is 0 Å². The molecule has 2 amide bonds. The Kier molecular flexibility index (Phi) is 7.94. The lowest BCUT2D eigenvalue weighted by atomic mass is 10.5. The summed E-state index contributed by atoms with van der Waals surface area (Å²) < 4.78 is 13.0. The van der Waals surface area contributed by atoms with Gasteiger partial charge in [0.05, 0.1) is 43.4 Å². The Morgan fingerprint density at radius 2 is 1.57 bits per heavy atom. The smallest absolute Gasteiger partial charge is 0.253 e. The van der Waals surface area contributed by atoms with E-state index < -0.39 is 15.4 Å². The molecule has 8 heteroatoms. The molecule has 2 atom stereocenters. The summed E-state index contributed by atoms with van der Waals surface area (Å²) in [4.78, 5) is 23.7. The van der Waals surface area contributed by atoms with E-state index >= 15 is 0 Å². The Morgan fingerprint density at radius 3 is 2.10 bits per heavy atom. The molecular formula is C13H22N2O4P2+2. The molecule has 116 valence electrons. The van der Waals surface area contributed by atoms with E-state index in [1.165, 1.54) is 12.2 Å². The third-order valence-electron chi connectivity index (χ3n) is 2.73. The second-order valence-corrected chi connectivity index (χ2v) is 8.41. The lowest BCUT2D eigenvalue weighted by Crippen LogP contribution is -2.33. The minimum atomic E-state index is -0.452. The number of ether oxygens (including phenoxy) is 2. The lowest BCUT2D eigenvalue weighted by Gasteiger charge is -2.13. The Hall–Kier alpha value is -0.900. The first-order valence-electron chi connectivity index (χ1n) is 6.48. The van der Waals surface area contributed by atoms with Crippen LogP contribution in [0.2, 0.25) is 0 Å². The molecule has 0 bridgehead atoms. The maximum atomic E-state index is 11.3. The van der Waals surface area contributed by atoms with Crippen molar-refractivity contribution in [3.63, 3.8) is 0 Å². The van der Waals surface area contributed by atoms with Gasteiger partial charge in [-0.25, -0.2) is 0 Å². The molecule has 0 aromatic carbocycles. The van der Waals surface area contributed by atoms with Gasteiger partial charge in [0.1, 0.15) is 13.3 Å². The first-order chi connectivity index (χ1) is 9.93. The number of carbonyl (C=O) groups is 2. The molecule has 1 heterocycles. The Bertz CT molecular complexity index is 427. The van der Waals surface area contributed by atoms with E-state index in [-0.39, 0.29) is 18.4 Å². The summed E-state index contributed by atoms with van der Waals surface area (Å²) in [6.45, 7) is 6.12. The predicted octanol–water partition coefficient (Wildman–Crippen LogP) is 1.12. The number of imide groups is 1. The average Bonchev–Trinajstić information content (AvgIpc) is 2.72. The molecule has 0 aliphatic carbocycles. The van der Waals surface area contributed by atoms with Gasteiger partial charge in [0.2, 0.25) is 15.4 Å². The minimum Gasteiger partial charge on any atom is -0.377 e. The van der Waals surface area contributed by atoms with Gasteiger partial charge in [-0.1, -0.05) is 0 Å². The summed E-state index contributed by atoms with van der Waals surface area (Å²) in [6, 6.07) is 0. The van der Waals surface area contributed by atoms with Crippen molar-refractivity contribution in [3.05, 3.63) is 12.2 Å². The van der Waals surface area contributed by atoms with Gasteiger partial charge >= 0.3 is 0 Å². The van der Waals surface area contributed by atoms with Crippen molar-refractivity contribution < 1.29 is 19.1 Å². The molecule has 0 N–H and O–H groups in total. The van der Waals surface area contributed by atoms with E-state index in [1.807, 2.05) is 0 Å². The normalized spacial score (nSPS) is 16.0. The van der Waals surface area contributed by atoms with E-state index in [4.69, 9.17) is 9.47 Å². The molecule has 0 fully saturated rings. The highest BCUT2D eigenvalue weighted by Crippen LogP contribution is 2.36. The lowest BCUT2D eigenvalue weighted by molar-refractivity contribution is -0.137. The highest BCUT2D eigenvalue weighted by Gasteiger charge is 2.25. The summed E-state index contributed by atoms with van der Waals surface area (Å²) in [5.41, 5.74) is 0. The van der Waals surface area contributed by atoms with Crippen molar-refractivity contribution in [2.24, 2.45) is 0 Å². The van der Waals surface area contributed by atoms with E-state index in [1.54, 1.807) is 0 Å². The third-order valence-corrected chi connectivity index (χ3v) is 6.37. The molecular weight excluding hydrogens is 310 g/mol. The van der Waals surface area contributed by atoms with Crippen LogP contribution in [0.15, 0.2) is 12.2 Å². The highest BCUT2D eigenvalue weighted by atomic mass is 31.2. The van der Waals surface area contributed by atoms with Gasteiger partial charge in [0.25, 0.3) is 11.8 Å². The van der Waals surface area contributed by atoms with Gasteiger partial charge in [-0.05, 0) is 0 Å². The molecule has 0 saturated heterocycles. The Morgan fingerprint density at radius 1 is 1.05 bits per heavy atom. The van der Waals surface area contributed by atoms with Crippen molar-refractivity contribution in [2.75, 3.05) is 46.4 Å². The monoisotopic (exact) mass is 332 g/mol. The number of carbonyl (C=O) groups excluding carboxylic acids is 2. The number of amides is 2. The highest BCUT2D eigenvalue weighted by molar-refractivity contribution is 7.67. The average molecular weight is 332 g/mol. The quantitative estimate of drug-likeness (QED) is 0.260. The zero-order valence-corrected chi connectivity index (χ0v) is 14.3. The van der Waals surface area contributed by atoms with Crippen LogP contribution in [-0.4, -0.2) is 80.2 Å². The predicted molar refractivity (Wildman–Crippen MR) is 89.3 cm³/mol. The standard InChI is InChI=1S/C13H22N2O4P2/c1-20(2)15(21(3)4)11-19-10-9-18-8-7-14-12(16)5-6-13(14)17/h5-6H,1,3,7-11H2,2,4H3/q+2. The number of rotatable bonds is 10. The maximum absolute atomic E-state index is 11.3. The fourth-order valence-electron chi connectivity index (χ4n) is 1.63. The molecule has 0 radical (unpaired) electrons. The van der Waals surface area contributed by atoms with E-state index in [0.717, 1.165) is 4.90 Å². The van der Waals surface area contributed by atoms with Crippen LogP contribution in [0.3, 0.4) is 0 Å². The number of nitrogens with zero attached hydrogens (tertiary/aromatic N) is 2. The third kappa shape index (κ3) is 6.16. The molecule has 1 rings (SSSR count). The summed E-state index contributed by atoms with van der Waals surface area (Å²) in [7, 11) is -0.904. The van der Waals surface area contributed by atoms with E-state index in [2.05, 4.69) is 30.4 Å². The van der Waals surface area contributed by atoms with Crippen LogP contribution in [0, 0.1) is 0 Å². The van der Waals surface area contributed by atoms with Crippen LogP contribution >= 0.6 is 15.4 Å². The molecule has 21 heavy (non-hydrogen) atoms. The maximum Gasteiger partial charge on any atom is 0.253 e. The summed E-state index contributed by atoms with van der Waals surface area (Å²) >= 11 is 0. The van der Waals surface area contributed by atoms with E-state index in [0.29, 0.717) is 26.6 Å². The van der Waals surface area contributed by atoms with Crippen molar-refractivity contribution in [2.45, 2.75) is 0 Å². The van der Waals surface area contributed by atoms with E-state index in [9.17, 15) is 9.59 Å². The fraction of sp³-hybridized carbons (Fsp3) is 0.538. The van der Waals surface area contributed by atoms with Gasteiger partial charge < -0.3 is 9.47 Å². The van der Waals surface area contributed by atoms with Crippen molar-refractivity contribution >= 4 is 39.8 Å². The van der Waals surface area contributed by atoms with Crippen molar-refractivity contribution in [1.82, 2.24) is 9.34 Å². The molecule has 0 saturated carbocycles. The van der Waals surface area contributed by atoms with Gasteiger partial charge in [0.15, 0.2) is 6.73 Å². The molecule has 0 spiro atoms. The molecule has 0 aromatic heterocycles. The van der Waals surface area contributed by atoms with Crippen molar-refractivity contribution in [3.8, 4) is 0 Å². The molecule has 2 unspecified atom stereocenters. The van der Waals surface area contributed by atoms with Crippen LogP contribution in [0.25, 0.3) is 0 Å². The summed E-state index contributed by atoms with van der Waals surface area (Å²) in [5.74, 6) is -0.567. The molecule has 0 aromatic rings. The molecule has 6 nitrogen and oxygen atoms in total. The SMILES string of the molecule is C=[P+](C)N(COCCOCCN1C(=O)C=CC1=O)[P+](=C)C. The fourth-order valence-corrected chi connectivity index (χ4v) is 4.27. The Balaban J connectivity index is 2.07. The topological polar surface area (TPSA) is 59.1 Å². The van der Waals surface area contributed by atoms with Crippen LogP contribution in [0.1, 0.15) is 0 Å². The first-order valence-corrected chi connectivity index (χ1v) is 10.3. The number of hydrogen-bond acceptors (Lipinski definition) is 5. The van der Waals surface area contributed by atoms with Crippen LogP contribution in [0.5, 0.6) is 0 Å². The van der Waals surface area contributed by atoms with Crippen LogP contribution in [0.4, 0.5) is 0 Å². The minimum absolute atomic E-state index is 0.273. The zero-order valence-electron chi connectivity index (χ0n) is 12.5. The largest absolute Gasteiger partial charge is 0.377 e.